The third-order valence-corrected chi connectivity index (χ3v) is 4.19. The van der Waals surface area contributed by atoms with Gasteiger partial charge in [-0.3, -0.25) is 0 Å². The van der Waals surface area contributed by atoms with E-state index >= 15 is 0 Å². The molecule has 0 aliphatic carbocycles. The summed E-state index contributed by atoms with van der Waals surface area (Å²) in [6.45, 7) is 0. The summed E-state index contributed by atoms with van der Waals surface area (Å²) in [6.07, 6.45) is 4.25. The molecule has 0 aromatic heterocycles. The van der Waals surface area contributed by atoms with E-state index in [9.17, 15) is 0 Å². The molecule has 3 heteroatoms. The molecular weight excluding hydrogens is 285 g/mol. The Kier molecular flexibility index (Phi) is 4.31. The molecule has 1 atom stereocenters. The second kappa shape index (κ2) is 6.22. The first-order valence-corrected chi connectivity index (χ1v) is 7.36. The molecule has 4 rings (SSSR count). The van der Waals surface area contributed by atoms with Crippen LogP contribution in [0, 0.1) is 0 Å². The van der Waals surface area contributed by atoms with Crippen LogP contribution in [0.15, 0.2) is 66.7 Å². The van der Waals surface area contributed by atoms with Crippen molar-refractivity contribution in [2.24, 2.45) is 0 Å². The number of fused-ring (bicyclic) bond motifs is 2. The van der Waals surface area contributed by atoms with Gasteiger partial charge in [0.05, 0.1) is 0 Å². The average Bonchev–Trinajstić information content (AvgIpc) is 2.54. The quantitative estimate of drug-likeness (QED) is 0.612. The van der Waals surface area contributed by atoms with Gasteiger partial charge >= 0.3 is 18.9 Å². The molecule has 1 aliphatic rings. The van der Waals surface area contributed by atoms with E-state index in [0.29, 0.717) is 5.02 Å². The van der Waals surface area contributed by atoms with Crippen molar-refractivity contribution in [1.29, 1.82) is 0 Å². The Morgan fingerprint density at radius 3 is 2.55 bits per heavy atom. The second-order valence-corrected chi connectivity index (χ2v) is 5.59. The molecule has 102 valence electrons. The largest absolute Gasteiger partial charge is 1.00 e. The Bertz CT molecular complexity index is 852. The summed E-state index contributed by atoms with van der Waals surface area (Å²) >= 11 is 6.29. The van der Waals surface area contributed by atoms with Crippen LogP contribution in [0.25, 0.3) is 22.2 Å². The Morgan fingerprint density at radius 2 is 1.64 bits per heavy atom. The molecule has 0 spiro atoms. The molecule has 3 aromatic carbocycles. The summed E-state index contributed by atoms with van der Waals surface area (Å²) in [7, 11) is 0. The predicted molar refractivity (Wildman–Crippen MR) is 90.2 cm³/mol. The van der Waals surface area contributed by atoms with E-state index in [1.54, 1.807) is 0 Å². The SMILES string of the molecule is Clc1cccc2c1[N-]C(c1cccc3ccccc13)C=C2.[Li+]. The molecule has 1 heterocycles. The van der Waals surface area contributed by atoms with Gasteiger partial charge in [-0.15, -0.1) is 5.69 Å². The van der Waals surface area contributed by atoms with Gasteiger partial charge in [-0.2, -0.15) is 0 Å². The molecule has 0 amide bonds. The van der Waals surface area contributed by atoms with Crippen LogP contribution in [0.3, 0.4) is 0 Å². The first-order chi connectivity index (χ1) is 10.3. The number of para-hydroxylation sites is 1. The summed E-state index contributed by atoms with van der Waals surface area (Å²) in [5, 5.41) is 8.04. The third kappa shape index (κ3) is 2.57. The van der Waals surface area contributed by atoms with E-state index in [0.717, 1.165) is 11.3 Å². The van der Waals surface area contributed by atoms with Crippen molar-refractivity contribution in [2.75, 3.05) is 0 Å². The van der Waals surface area contributed by atoms with Crippen molar-refractivity contribution in [3.8, 4) is 0 Å². The average molecular weight is 298 g/mol. The van der Waals surface area contributed by atoms with E-state index in [1.807, 2.05) is 18.2 Å². The van der Waals surface area contributed by atoms with Crippen LogP contribution in [0.1, 0.15) is 17.2 Å². The number of benzene rings is 3. The number of rotatable bonds is 1. The zero-order chi connectivity index (χ0) is 14.2. The summed E-state index contributed by atoms with van der Waals surface area (Å²) in [5.41, 5.74) is 3.19. The molecule has 0 N–H and O–H groups in total. The first-order valence-electron chi connectivity index (χ1n) is 6.98. The Morgan fingerprint density at radius 1 is 0.864 bits per heavy atom. The molecular formula is C19H13ClLiN. The Balaban J connectivity index is 0.00000144. The standard InChI is InChI=1S/C19H13ClN.Li/c20-17-10-4-7-14-11-12-18(21-19(14)17)16-9-3-6-13-5-1-2-8-15(13)16;/h1-12,18H;/q-1;+1. The summed E-state index contributed by atoms with van der Waals surface area (Å²) < 4.78 is 0. The maximum absolute atomic E-state index is 6.29. The van der Waals surface area contributed by atoms with Gasteiger partial charge in [0.1, 0.15) is 0 Å². The van der Waals surface area contributed by atoms with Crippen molar-refractivity contribution >= 4 is 34.1 Å². The molecule has 0 radical (unpaired) electrons. The molecule has 1 unspecified atom stereocenters. The fourth-order valence-electron chi connectivity index (χ4n) is 2.86. The number of hydrogen-bond donors (Lipinski definition) is 0. The minimum absolute atomic E-state index is 0. The minimum Gasteiger partial charge on any atom is -0.673 e. The van der Waals surface area contributed by atoms with Crippen LogP contribution in [0.5, 0.6) is 0 Å². The van der Waals surface area contributed by atoms with Crippen LogP contribution in [-0.4, -0.2) is 0 Å². The fraction of sp³-hybridized carbons (Fsp3) is 0.0526. The minimum atomic E-state index is 0. The van der Waals surface area contributed by atoms with Crippen LogP contribution in [0.2, 0.25) is 5.02 Å². The van der Waals surface area contributed by atoms with Crippen LogP contribution in [-0.2, 0) is 0 Å². The van der Waals surface area contributed by atoms with E-state index in [4.69, 9.17) is 16.9 Å². The van der Waals surface area contributed by atoms with Crippen LogP contribution < -0.4 is 18.9 Å². The van der Waals surface area contributed by atoms with Gasteiger partial charge in [0.2, 0.25) is 0 Å². The summed E-state index contributed by atoms with van der Waals surface area (Å²) in [5.74, 6) is 0. The van der Waals surface area contributed by atoms with E-state index in [2.05, 4.69) is 54.6 Å². The molecule has 22 heavy (non-hydrogen) atoms. The van der Waals surface area contributed by atoms with Gasteiger partial charge in [0.15, 0.2) is 0 Å². The molecule has 0 saturated carbocycles. The second-order valence-electron chi connectivity index (χ2n) is 5.18. The van der Waals surface area contributed by atoms with Gasteiger partial charge < -0.3 is 5.32 Å². The first kappa shape index (κ1) is 15.3. The van der Waals surface area contributed by atoms with Crippen molar-refractivity contribution in [3.63, 3.8) is 0 Å². The van der Waals surface area contributed by atoms with Crippen molar-refractivity contribution in [3.05, 3.63) is 88.2 Å². The van der Waals surface area contributed by atoms with Gasteiger partial charge in [0.25, 0.3) is 0 Å². The maximum atomic E-state index is 6.29. The Labute approximate surface area is 147 Å². The monoisotopic (exact) mass is 297 g/mol. The molecule has 3 aromatic rings. The van der Waals surface area contributed by atoms with Crippen molar-refractivity contribution in [1.82, 2.24) is 0 Å². The van der Waals surface area contributed by atoms with Gasteiger partial charge in [0, 0.05) is 5.02 Å². The molecule has 1 nitrogen and oxygen atoms in total. The van der Waals surface area contributed by atoms with Gasteiger partial charge in [-0.05, 0) is 22.4 Å². The van der Waals surface area contributed by atoms with Crippen molar-refractivity contribution < 1.29 is 18.9 Å². The summed E-state index contributed by atoms with van der Waals surface area (Å²) in [6, 6.07) is 20.7. The molecule has 0 bridgehead atoms. The normalized spacial score (nSPS) is 15.8. The van der Waals surface area contributed by atoms with E-state index in [1.165, 1.54) is 16.3 Å². The van der Waals surface area contributed by atoms with Gasteiger partial charge in [-0.1, -0.05) is 90.0 Å². The molecule has 1 aliphatic heterocycles. The molecule has 0 fully saturated rings. The number of halogens is 1. The summed E-state index contributed by atoms with van der Waals surface area (Å²) in [4.78, 5) is 0. The Hall–Kier alpha value is -1.65. The van der Waals surface area contributed by atoms with E-state index in [-0.39, 0.29) is 24.9 Å². The fourth-order valence-corrected chi connectivity index (χ4v) is 3.09. The van der Waals surface area contributed by atoms with Crippen LogP contribution >= 0.6 is 11.6 Å². The van der Waals surface area contributed by atoms with Crippen LogP contribution in [0.4, 0.5) is 5.69 Å². The van der Waals surface area contributed by atoms with Gasteiger partial charge in [-0.25, -0.2) is 0 Å². The van der Waals surface area contributed by atoms with Crippen molar-refractivity contribution in [2.45, 2.75) is 6.04 Å². The topological polar surface area (TPSA) is 14.1 Å². The maximum Gasteiger partial charge on any atom is 1.00 e. The predicted octanol–water partition coefficient (Wildman–Crippen LogP) is 3.27. The smallest absolute Gasteiger partial charge is 0.673 e. The molecule has 0 saturated heterocycles. The zero-order valence-electron chi connectivity index (χ0n) is 12.3. The third-order valence-electron chi connectivity index (χ3n) is 3.89. The zero-order valence-corrected chi connectivity index (χ0v) is 13.1. The van der Waals surface area contributed by atoms with E-state index < -0.39 is 0 Å². The number of hydrogen-bond acceptors (Lipinski definition) is 0. The number of nitrogens with zero attached hydrogens (tertiary/aromatic N) is 1.